The number of amides is 1. The average Bonchev–Trinajstić information content (AvgIpc) is 2.53. The van der Waals surface area contributed by atoms with E-state index in [2.05, 4.69) is 36.3 Å². The van der Waals surface area contributed by atoms with Gasteiger partial charge in [-0.3, -0.25) is 4.79 Å². The number of likely N-dealkylation sites (tertiary alicyclic amines) is 1. The molecule has 1 aliphatic heterocycles. The number of rotatable bonds is 4. The van der Waals surface area contributed by atoms with Crippen LogP contribution in [0.15, 0.2) is 29.4 Å². The number of nitrogens with two attached hydrogens (primary N) is 1. The Morgan fingerprint density at radius 3 is 2.52 bits per heavy atom. The van der Waals surface area contributed by atoms with E-state index in [-0.39, 0.29) is 17.7 Å². The van der Waals surface area contributed by atoms with Gasteiger partial charge in [-0.05, 0) is 31.7 Å². The Morgan fingerprint density at radius 2 is 1.95 bits per heavy atom. The third kappa shape index (κ3) is 4.21. The Hall–Kier alpha value is -2.04. The zero-order valence-corrected chi connectivity index (χ0v) is 12.5. The zero-order valence-electron chi connectivity index (χ0n) is 12.5. The summed E-state index contributed by atoms with van der Waals surface area (Å²) >= 11 is 0. The average molecular weight is 289 g/mol. The first-order valence-electron chi connectivity index (χ1n) is 7.41. The van der Waals surface area contributed by atoms with Crippen LogP contribution < -0.4 is 5.73 Å². The largest absolute Gasteiger partial charge is 0.409 e. The number of aryl methyl sites for hydroxylation is 2. The topological polar surface area (TPSA) is 78.9 Å². The molecule has 1 aromatic carbocycles. The first-order chi connectivity index (χ1) is 10.1. The molecule has 1 fully saturated rings. The lowest BCUT2D eigenvalue weighted by Crippen LogP contribution is -2.41. The fraction of sp³-hybridized carbons (Fsp3) is 0.500. The van der Waals surface area contributed by atoms with E-state index in [1.54, 1.807) is 0 Å². The molecule has 0 radical (unpaired) electrons. The summed E-state index contributed by atoms with van der Waals surface area (Å²) in [5, 5.41) is 11.7. The summed E-state index contributed by atoms with van der Waals surface area (Å²) in [6, 6.07) is 8.30. The van der Waals surface area contributed by atoms with Crippen LogP contribution in [0.1, 0.15) is 30.4 Å². The number of oxime groups is 1. The second-order valence-corrected chi connectivity index (χ2v) is 5.67. The normalized spacial score (nSPS) is 17.0. The summed E-state index contributed by atoms with van der Waals surface area (Å²) in [5.41, 5.74) is 8.04. The maximum absolute atomic E-state index is 12.2. The molecular weight excluding hydrogens is 266 g/mol. The molecule has 1 heterocycles. The summed E-state index contributed by atoms with van der Waals surface area (Å²) in [6.07, 6.45) is 2.86. The van der Waals surface area contributed by atoms with Crippen molar-refractivity contribution in [1.82, 2.24) is 4.90 Å². The molecule has 0 unspecified atom stereocenters. The number of piperidine rings is 1. The minimum Gasteiger partial charge on any atom is -0.409 e. The fourth-order valence-corrected chi connectivity index (χ4v) is 2.67. The van der Waals surface area contributed by atoms with Gasteiger partial charge in [-0.15, -0.1) is 0 Å². The molecule has 5 heteroatoms. The molecule has 3 N–H and O–H groups in total. The Kier molecular flexibility index (Phi) is 5.20. The van der Waals surface area contributed by atoms with Gasteiger partial charge in [-0.1, -0.05) is 35.0 Å². The molecule has 5 nitrogen and oxygen atoms in total. The van der Waals surface area contributed by atoms with E-state index in [1.165, 1.54) is 11.1 Å². The summed E-state index contributed by atoms with van der Waals surface area (Å²) in [6.45, 7) is 3.43. The second-order valence-electron chi connectivity index (χ2n) is 5.67. The van der Waals surface area contributed by atoms with Crippen LogP contribution in [0.3, 0.4) is 0 Å². The number of benzene rings is 1. The van der Waals surface area contributed by atoms with Gasteiger partial charge in [0.15, 0.2) is 0 Å². The maximum atomic E-state index is 12.2. The third-order valence-corrected chi connectivity index (χ3v) is 4.13. The Bertz CT molecular complexity index is 503. The minimum atomic E-state index is 0.0937. The van der Waals surface area contributed by atoms with Crippen molar-refractivity contribution in [3.63, 3.8) is 0 Å². The third-order valence-electron chi connectivity index (χ3n) is 4.13. The van der Waals surface area contributed by atoms with Crippen LogP contribution >= 0.6 is 0 Å². The quantitative estimate of drug-likeness (QED) is 0.384. The van der Waals surface area contributed by atoms with E-state index < -0.39 is 0 Å². The van der Waals surface area contributed by atoms with Gasteiger partial charge in [-0.2, -0.15) is 0 Å². The van der Waals surface area contributed by atoms with Crippen LogP contribution in [-0.2, 0) is 11.2 Å². The van der Waals surface area contributed by atoms with Crippen LogP contribution in [0.4, 0.5) is 0 Å². The number of hydrogen-bond acceptors (Lipinski definition) is 3. The van der Waals surface area contributed by atoms with Crippen molar-refractivity contribution >= 4 is 11.7 Å². The van der Waals surface area contributed by atoms with E-state index in [0.717, 1.165) is 19.3 Å². The van der Waals surface area contributed by atoms with E-state index in [0.29, 0.717) is 19.5 Å². The van der Waals surface area contributed by atoms with Crippen molar-refractivity contribution in [2.24, 2.45) is 16.8 Å². The Morgan fingerprint density at radius 1 is 1.33 bits per heavy atom. The minimum absolute atomic E-state index is 0.0937. The molecule has 0 aliphatic carbocycles. The van der Waals surface area contributed by atoms with E-state index >= 15 is 0 Å². The van der Waals surface area contributed by atoms with Crippen molar-refractivity contribution in [3.8, 4) is 0 Å². The molecule has 1 saturated heterocycles. The molecule has 0 spiro atoms. The smallest absolute Gasteiger partial charge is 0.222 e. The Balaban J connectivity index is 1.78. The fourth-order valence-electron chi connectivity index (χ4n) is 2.67. The highest BCUT2D eigenvalue weighted by molar-refractivity contribution is 5.83. The van der Waals surface area contributed by atoms with Gasteiger partial charge < -0.3 is 15.8 Å². The molecule has 1 aromatic rings. The molecule has 1 aliphatic rings. The highest BCUT2D eigenvalue weighted by Gasteiger charge is 2.24. The lowest BCUT2D eigenvalue weighted by Gasteiger charge is -2.31. The van der Waals surface area contributed by atoms with Gasteiger partial charge in [0, 0.05) is 25.4 Å². The van der Waals surface area contributed by atoms with Gasteiger partial charge in [-0.25, -0.2) is 0 Å². The molecule has 0 saturated carbocycles. The predicted octanol–water partition coefficient (Wildman–Crippen LogP) is 1.91. The number of carbonyl (C=O) groups is 1. The van der Waals surface area contributed by atoms with Crippen molar-refractivity contribution in [3.05, 3.63) is 35.4 Å². The highest BCUT2D eigenvalue weighted by Crippen LogP contribution is 2.18. The summed E-state index contributed by atoms with van der Waals surface area (Å²) in [7, 11) is 0. The molecule has 114 valence electrons. The van der Waals surface area contributed by atoms with Crippen LogP contribution in [0.25, 0.3) is 0 Å². The lowest BCUT2D eigenvalue weighted by atomic mass is 9.95. The van der Waals surface area contributed by atoms with Crippen molar-refractivity contribution in [2.75, 3.05) is 13.1 Å². The van der Waals surface area contributed by atoms with E-state index in [4.69, 9.17) is 10.9 Å². The van der Waals surface area contributed by atoms with Gasteiger partial charge in [0.2, 0.25) is 5.91 Å². The first kappa shape index (κ1) is 15.4. The van der Waals surface area contributed by atoms with Crippen molar-refractivity contribution < 1.29 is 10.0 Å². The number of hydrogen-bond donors (Lipinski definition) is 2. The van der Waals surface area contributed by atoms with Crippen LogP contribution in [0.5, 0.6) is 0 Å². The highest BCUT2D eigenvalue weighted by atomic mass is 16.4. The molecule has 1 amide bonds. The van der Waals surface area contributed by atoms with E-state index in [1.807, 2.05) is 4.90 Å². The lowest BCUT2D eigenvalue weighted by molar-refractivity contribution is -0.132. The Labute approximate surface area is 125 Å². The van der Waals surface area contributed by atoms with Crippen molar-refractivity contribution in [2.45, 2.75) is 32.6 Å². The SMILES string of the molecule is Cc1ccc(CCC(=O)N2CCC(C(N)=NO)CC2)cc1. The number of amidine groups is 1. The molecule has 0 atom stereocenters. The number of nitrogens with zero attached hydrogens (tertiary/aromatic N) is 2. The molecular formula is C16H23N3O2. The molecule has 0 aromatic heterocycles. The summed E-state index contributed by atoms with van der Waals surface area (Å²) < 4.78 is 0. The van der Waals surface area contributed by atoms with Gasteiger partial charge in [0.1, 0.15) is 5.84 Å². The second kappa shape index (κ2) is 7.11. The first-order valence-corrected chi connectivity index (χ1v) is 7.41. The van der Waals surface area contributed by atoms with Gasteiger partial charge >= 0.3 is 0 Å². The predicted molar refractivity (Wildman–Crippen MR) is 82.2 cm³/mol. The molecule has 2 rings (SSSR count). The van der Waals surface area contributed by atoms with Crippen LogP contribution in [0.2, 0.25) is 0 Å². The van der Waals surface area contributed by atoms with E-state index in [9.17, 15) is 4.79 Å². The van der Waals surface area contributed by atoms with Gasteiger partial charge in [0.25, 0.3) is 0 Å². The standard InChI is InChI=1S/C16H23N3O2/c1-12-2-4-13(5-3-12)6-7-15(20)19-10-8-14(9-11-19)16(17)18-21/h2-5,14,21H,6-11H2,1H3,(H2,17,18). The summed E-state index contributed by atoms with van der Waals surface area (Å²) in [4.78, 5) is 14.1. The number of carbonyl (C=O) groups excluding carboxylic acids is 1. The monoisotopic (exact) mass is 289 g/mol. The maximum Gasteiger partial charge on any atom is 0.222 e. The van der Waals surface area contributed by atoms with Crippen molar-refractivity contribution in [1.29, 1.82) is 0 Å². The van der Waals surface area contributed by atoms with Gasteiger partial charge in [0.05, 0.1) is 0 Å². The van der Waals surface area contributed by atoms with Crippen LogP contribution in [-0.4, -0.2) is 34.9 Å². The molecule has 0 bridgehead atoms. The van der Waals surface area contributed by atoms with Crippen LogP contribution in [0, 0.1) is 12.8 Å². The summed E-state index contributed by atoms with van der Waals surface area (Å²) in [5.74, 6) is 0.562. The molecule has 21 heavy (non-hydrogen) atoms. The zero-order chi connectivity index (χ0) is 15.2.